The van der Waals surface area contributed by atoms with Crippen molar-refractivity contribution in [2.75, 3.05) is 6.61 Å². The van der Waals surface area contributed by atoms with E-state index in [4.69, 9.17) is 4.74 Å². The first-order valence-corrected chi connectivity index (χ1v) is 9.92. The van der Waals surface area contributed by atoms with Crippen LogP contribution in [0.2, 0.25) is 0 Å². The molecule has 1 fully saturated rings. The number of hydrogen-bond donors (Lipinski definition) is 1. The summed E-state index contributed by atoms with van der Waals surface area (Å²) in [6.45, 7) is 4.24. The summed E-state index contributed by atoms with van der Waals surface area (Å²) in [6.07, 6.45) is 7.86. The average molecular weight is 349 g/mol. The molecule has 0 radical (unpaired) electrons. The van der Waals surface area contributed by atoms with Crippen LogP contribution in [-0.4, -0.2) is 24.5 Å². The molecule has 0 bridgehead atoms. The minimum atomic E-state index is -0.367. The number of aryl methyl sites for hydroxylation is 1. The third-order valence-corrected chi connectivity index (χ3v) is 6.54. The monoisotopic (exact) mass is 349 g/mol. The Morgan fingerprint density at radius 2 is 2.04 bits per heavy atom. The first-order valence-electron chi connectivity index (χ1n) is 9.11. The van der Waals surface area contributed by atoms with Crippen LogP contribution in [0, 0.1) is 11.8 Å². The van der Waals surface area contributed by atoms with Gasteiger partial charge in [-0.15, -0.1) is 11.3 Å². The van der Waals surface area contributed by atoms with E-state index < -0.39 is 0 Å². The topological polar surface area (TPSA) is 55.4 Å². The highest BCUT2D eigenvalue weighted by molar-refractivity contribution is 7.14. The predicted molar refractivity (Wildman–Crippen MR) is 95.4 cm³/mol. The summed E-state index contributed by atoms with van der Waals surface area (Å²) in [5, 5.41) is 3.02. The van der Waals surface area contributed by atoms with Crippen LogP contribution in [0.3, 0.4) is 0 Å². The summed E-state index contributed by atoms with van der Waals surface area (Å²) in [7, 11) is 0. The van der Waals surface area contributed by atoms with Crippen LogP contribution in [0.15, 0.2) is 6.07 Å². The molecule has 3 atom stereocenters. The van der Waals surface area contributed by atoms with E-state index in [1.807, 2.05) is 6.07 Å². The van der Waals surface area contributed by atoms with Crippen molar-refractivity contribution in [3.63, 3.8) is 0 Å². The van der Waals surface area contributed by atoms with Gasteiger partial charge in [0.1, 0.15) is 4.88 Å². The molecule has 0 unspecified atom stereocenters. The van der Waals surface area contributed by atoms with Crippen LogP contribution in [-0.2, 0) is 22.4 Å². The maximum absolute atomic E-state index is 12.2. The normalized spacial score (nSPS) is 26.5. The summed E-state index contributed by atoms with van der Waals surface area (Å²) in [6, 6.07) is 2.18. The minimum absolute atomic E-state index is 0.180. The Kier molecular flexibility index (Phi) is 5.59. The van der Waals surface area contributed by atoms with Crippen LogP contribution >= 0.6 is 11.3 Å². The third kappa shape index (κ3) is 4.18. The maximum Gasteiger partial charge on any atom is 0.348 e. The molecule has 1 aromatic rings. The van der Waals surface area contributed by atoms with E-state index in [2.05, 4.69) is 19.2 Å². The lowest BCUT2D eigenvalue weighted by molar-refractivity contribution is -0.125. The molecule has 5 heteroatoms. The SMILES string of the molecule is C[C@@H]1CCc2sc(C(=O)OCC(=O)N[C@@H]3CCCC[C@@H]3C)cc2C1. The largest absolute Gasteiger partial charge is 0.451 e. The van der Waals surface area contributed by atoms with Crippen molar-refractivity contribution in [2.45, 2.75) is 64.8 Å². The van der Waals surface area contributed by atoms with Crippen molar-refractivity contribution in [3.05, 3.63) is 21.4 Å². The number of esters is 1. The average Bonchev–Trinajstić information content (AvgIpc) is 2.98. The number of amides is 1. The van der Waals surface area contributed by atoms with Gasteiger partial charge in [0.2, 0.25) is 0 Å². The Balaban J connectivity index is 1.49. The summed E-state index contributed by atoms with van der Waals surface area (Å²) in [5.41, 5.74) is 1.28. The number of fused-ring (bicyclic) bond motifs is 1. The number of carbonyl (C=O) groups excluding carboxylic acids is 2. The van der Waals surface area contributed by atoms with Gasteiger partial charge in [0.05, 0.1) is 0 Å². The van der Waals surface area contributed by atoms with Gasteiger partial charge >= 0.3 is 5.97 Å². The zero-order chi connectivity index (χ0) is 17.1. The van der Waals surface area contributed by atoms with Gasteiger partial charge in [0.15, 0.2) is 6.61 Å². The molecule has 0 aromatic carbocycles. The number of rotatable bonds is 4. The van der Waals surface area contributed by atoms with E-state index in [0.717, 1.165) is 32.1 Å². The number of carbonyl (C=O) groups is 2. The van der Waals surface area contributed by atoms with Gasteiger partial charge in [0.25, 0.3) is 5.91 Å². The molecule has 0 saturated heterocycles. The Morgan fingerprint density at radius 1 is 1.25 bits per heavy atom. The van der Waals surface area contributed by atoms with Crippen molar-refractivity contribution >= 4 is 23.2 Å². The summed E-state index contributed by atoms with van der Waals surface area (Å²) < 4.78 is 5.23. The Bertz CT molecular complexity index is 610. The molecular formula is C19H27NO3S. The van der Waals surface area contributed by atoms with E-state index >= 15 is 0 Å². The first kappa shape index (κ1) is 17.5. The van der Waals surface area contributed by atoms with Gasteiger partial charge in [0, 0.05) is 10.9 Å². The summed E-state index contributed by atoms with van der Waals surface area (Å²) >= 11 is 1.53. The van der Waals surface area contributed by atoms with Gasteiger partial charge in [-0.05, 0) is 55.6 Å². The molecule has 132 valence electrons. The van der Waals surface area contributed by atoms with E-state index in [9.17, 15) is 9.59 Å². The molecule has 4 nitrogen and oxygen atoms in total. The van der Waals surface area contributed by atoms with Crippen molar-refractivity contribution in [2.24, 2.45) is 11.8 Å². The Hall–Kier alpha value is -1.36. The number of ether oxygens (including phenoxy) is 1. The van der Waals surface area contributed by atoms with Crippen molar-refractivity contribution in [3.8, 4) is 0 Å². The van der Waals surface area contributed by atoms with Crippen LogP contribution in [0.1, 0.15) is 66.1 Å². The molecule has 1 N–H and O–H groups in total. The van der Waals surface area contributed by atoms with E-state index in [-0.39, 0.29) is 24.5 Å². The smallest absolute Gasteiger partial charge is 0.348 e. The van der Waals surface area contributed by atoms with Crippen LogP contribution in [0.5, 0.6) is 0 Å². The summed E-state index contributed by atoms with van der Waals surface area (Å²) in [5.74, 6) is 0.634. The lowest BCUT2D eigenvalue weighted by Crippen LogP contribution is -2.42. The van der Waals surface area contributed by atoms with Gasteiger partial charge in [-0.1, -0.05) is 26.7 Å². The van der Waals surface area contributed by atoms with Crippen LogP contribution in [0.25, 0.3) is 0 Å². The number of thiophene rings is 1. The second-order valence-electron chi connectivity index (χ2n) is 7.42. The van der Waals surface area contributed by atoms with Gasteiger partial charge in [-0.3, -0.25) is 4.79 Å². The fraction of sp³-hybridized carbons (Fsp3) is 0.684. The standard InChI is InChI=1S/C19H27NO3S/c1-12-7-8-16-14(9-12)10-17(24-16)19(22)23-11-18(21)20-15-6-4-3-5-13(15)2/h10,12-13,15H,3-9,11H2,1-2H3,(H,20,21)/t12-,13+,15-/m1/s1. The molecular weight excluding hydrogens is 322 g/mol. The fourth-order valence-corrected chi connectivity index (χ4v) is 4.89. The molecule has 1 amide bonds. The highest BCUT2D eigenvalue weighted by Gasteiger charge is 2.24. The molecule has 3 rings (SSSR count). The third-order valence-electron chi connectivity index (χ3n) is 5.32. The quantitative estimate of drug-likeness (QED) is 0.843. The number of nitrogens with one attached hydrogen (secondary N) is 1. The zero-order valence-electron chi connectivity index (χ0n) is 14.6. The fourth-order valence-electron chi connectivity index (χ4n) is 3.79. The molecule has 0 aliphatic heterocycles. The second-order valence-corrected chi connectivity index (χ2v) is 8.56. The van der Waals surface area contributed by atoms with Gasteiger partial charge in [-0.25, -0.2) is 4.79 Å². The van der Waals surface area contributed by atoms with Crippen LogP contribution < -0.4 is 5.32 Å². The minimum Gasteiger partial charge on any atom is -0.451 e. The molecule has 24 heavy (non-hydrogen) atoms. The first-order chi connectivity index (χ1) is 11.5. The zero-order valence-corrected chi connectivity index (χ0v) is 15.4. The lowest BCUT2D eigenvalue weighted by atomic mass is 9.86. The van der Waals surface area contributed by atoms with Gasteiger partial charge < -0.3 is 10.1 Å². The van der Waals surface area contributed by atoms with Crippen LogP contribution in [0.4, 0.5) is 0 Å². The highest BCUT2D eigenvalue weighted by atomic mass is 32.1. The second kappa shape index (κ2) is 7.68. The highest BCUT2D eigenvalue weighted by Crippen LogP contribution is 2.32. The van der Waals surface area contributed by atoms with Gasteiger partial charge in [-0.2, -0.15) is 0 Å². The van der Waals surface area contributed by atoms with E-state index in [1.54, 1.807) is 0 Å². The summed E-state index contributed by atoms with van der Waals surface area (Å²) in [4.78, 5) is 26.2. The molecule has 1 saturated carbocycles. The Labute approximate surface area is 148 Å². The van der Waals surface area contributed by atoms with Crippen molar-refractivity contribution in [1.29, 1.82) is 0 Å². The van der Waals surface area contributed by atoms with Crippen molar-refractivity contribution in [1.82, 2.24) is 5.32 Å². The molecule has 1 heterocycles. The Morgan fingerprint density at radius 3 is 2.83 bits per heavy atom. The van der Waals surface area contributed by atoms with E-state index in [0.29, 0.717) is 16.7 Å². The molecule has 2 aliphatic carbocycles. The maximum atomic E-state index is 12.2. The number of hydrogen-bond acceptors (Lipinski definition) is 4. The molecule has 2 aliphatic rings. The molecule has 1 aromatic heterocycles. The van der Waals surface area contributed by atoms with Crippen molar-refractivity contribution < 1.29 is 14.3 Å². The lowest BCUT2D eigenvalue weighted by Gasteiger charge is -2.29. The predicted octanol–water partition coefficient (Wildman–Crippen LogP) is 3.72. The van der Waals surface area contributed by atoms with E-state index in [1.165, 1.54) is 34.6 Å². The molecule has 0 spiro atoms.